The number of fused-ring (bicyclic) bond motifs is 2. The zero-order chi connectivity index (χ0) is 14.3. The first-order valence-electron chi connectivity index (χ1n) is 8.40. The van der Waals surface area contributed by atoms with Gasteiger partial charge in [0, 0.05) is 11.8 Å². The molecular weight excluding hydrogens is 264 g/mol. The maximum absolute atomic E-state index is 5.00. The van der Waals surface area contributed by atoms with Crippen LogP contribution in [-0.2, 0) is 0 Å². The molecule has 1 heterocycles. The summed E-state index contributed by atoms with van der Waals surface area (Å²) in [4.78, 5) is 5.00. The van der Waals surface area contributed by atoms with Gasteiger partial charge in [-0.1, -0.05) is 39.0 Å². The van der Waals surface area contributed by atoms with Crippen LogP contribution in [0.4, 0.5) is 0 Å². The Kier molecular flexibility index (Phi) is 4.09. The Morgan fingerprint density at radius 1 is 1.20 bits per heavy atom. The molecule has 1 aliphatic heterocycles. The van der Waals surface area contributed by atoms with Gasteiger partial charge in [-0.3, -0.25) is 4.99 Å². The number of rotatable bonds is 2. The van der Waals surface area contributed by atoms with Crippen molar-refractivity contribution in [1.82, 2.24) is 5.32 Å². The molecule has 0 amide bonds. The lowest BCUT2D eigenvalue weighted by atomic mass is 9.84. The Balaban J connectivity index is 1.61. The lowest BCUT2D eigenvalue weighted by molar-refractivity contribution is 0.277. The largest absolute Gasteiger partial charge is 0.362 e. The molecule has 0 aromatic rings. The fourth-order valence-electron chi connectivity index (χ4n) is 4.42. The van der Waals surface area contributed by atoms with Crippen molar-refractivity contribution < 1.29 is 0 Å². The predicted octanol–water partition coefficient (Wildman–Crippen LogP) is 4.31. The van der Waals surface area contributed by atoms with Gasteiger partial charge in [-0.15, -0.1) is 0 Å². The monoisotopic (exact) mass is 294 g/mol. The van der Waals surface area contributed by atoms with Crippen molar-refractivity contribution in [1.29, 1.82) is 0 Å². The van der Waals surface area contributed by atoms with Gasteiger partial charge in [0.25, 0.3) is 0 Å². The van der Waals surface area contributed by atoms with E-state index in [2.05, 4.69) is 33.0 Å². The minimum Gasteiger partial charge on any atom is -0.362 e. The summed E-state index contributed by atoms with van der Waals surface area (Å²) in [7, 11) is 0. The Bertz CT molecular complexity index is 385. The zero-order valence-electron chi connectivity index (χ0n) is 13.5. The van der Waals surface area contributed by atoms with Gasteiger partial charge in [0.05, 0.1) is 6.04 Å². The molecule has 5 atom stereocenters. The SMILES string of the molecule is CC(NC1=NC(C(C)(C)C)CCS1)C1CC2CCC1C2. The van der Waals surface area contributed by atoms with Crippen molar-refractivity contribution in [2.45, 2.75) is 71.9 Å². The second-order valence-corrected chi connectivity index (χ2v) is 9.31. The maximum atomic E-state index is 5.00. The Morgan fingerprint density at radius 3 is 2.60 bits per heavy atom. The van der Waals surface area contributed by atoms with E-state index in [1.54, 1.807) is 0 Å². The molecule has 0 aromatic heterocycles. The summed E-state index contributed by atoms with van der Waals surface area (Å²) >= 11 is 1.93. The number of nitrogens with zero attached hydrogens (tertiary/aromatic N) is 1. The van der Waals surface area contributed by atoms with Gasteiger partial charge < -0.3 is 5.32 Å². The van der Waals surface area contributed by atoms with Crippen LogP contribution in [0.1, 0.15) is 59.8 Å². The van der Waals surface area contributed by atoms with Crippen molar-refractivity contribution in [3.63, 3.8) is 0 Å². The van der Waals surface area contributed by atoms with Crippen molar-refractivity contribution in [2.24, 2.45) is 28.2 Å². The second-order valence-electron chi connectivity index (χ2n) is 8.22. The van der Waals surface area contributed by atoms with Gasteiger partial charge in [0.15, 0.2) is 5.17 Å². The van der Waals surface area contributed by atoms with E-state index in [0.29, 0.717) is 17.5 Å². The lowest BCUT2D eigenvalue weighted by Gasteiger charge is -2.34. The van der Waals surface area contributed by atoms with Crippen LogP contribution in [0, 0.1) is 23.2 Å². The number of amidine groups is 1. The third kappa shape index (κ3) is 3.03. The Morgan fingerprint density at radius 2 is 2.00 bits per heavy atom. The van der Waals surface area contributed by atoms with Gasteiger partial charge in [-0.25, -0.2) is 0 Å². The standard InChI is InChI=1S/C17H30N2S/c1-11(14-10-12-5-6-13(14)9-12)18-16-19-15(7-8-20-16)17(2,3)4/h11-15H,5-10H2,1-4H3,(H,18,19). The summed E-state index contributed by atoms with van der Waals surface area (Å²) in [6.07, 6.45) is 7.16. The van der Waals surface area contributed by atoms with E-state index in [0.717, 1.165) is 17.8 Å². The van der Waals surface area contributed by atoms with Gasteiger partial charge in [0.1, 0.15) is 0 Å². The first kappa shape index (κ1) is 14.7. The zero-order valence-corrected chi connectivity index (χ0v) is 14.3. The third-order valence-corrected chi connectivity index (χ3v) is 6.63. The Hall–Kier alpha value is -0.180. The van der Waals surface area contributed by atoms with E-state index >= 15 is 0 Å². The van der Waals surface area contributed by atoms with Crippen LogP contribution < -0.4 is 5.32 Å². The van der Waals surface area contributed by atoms with Crippen LogP contribution in [0.3, 0.4) is 0 Å². The highest BCUT2D eigenvalue weighted by Gasteiger charge is 2.42. The highest BCUT2D eigenvalue weighted by Crippen LogP contribution is 2.49. The highest BCUT2D eigenvalue weighted by molar-refractivity contribution is 8.13. The fourth-order valence-corrected chi connectivity index (χ4v) is 5.43. The number of thioether (sulfide) groups is 1. The molecule has 2 fully saturated rings. The molecule has 20 heavy (non-hydrogen) atoms. The molecule has 0 radical (unpaired) electrons. The average Bonchev–Trinajstić information content (AvgIpc) is 3.00. The molecule has 2 bridgehead atoms. The molecule has 0 aromatic carbocycles. The molecule has 1 N–H and O–H groups in total. The molecule has 0 saturated heterocycles. The molecule has 2 aliphatic carbocycles. The molecule has 0 spiro atoms. The summed E-state index contributed by atoms with van der Waals surface area (Å²) in [5.74, 6) is 4.15. The van der Waals surface area contributed by atoms with Crippen LogP contribution in [0.25, 0.3) is 0 Å². The van der Waals surface area contributed by atoms with E-state index in [1.807, 2.05) is 11.8 Å². The average molecular weight is 295 g/mol. The third-order valence-electron chi connectivity index (χ3n) is 5.69. The lowest BCUT2D eigenvalue weighted by Crippen LogP contribution is -2.41. The number of nitrogens with one attached hydrogen (secondary N) is 1. The van der Waals surface area contributed by atoms with E-state index < -0.39 is 0 Å². The van der Waals surface area contributed by atoms with Crippen LogP contribution in [-0.4, -0.2) is 23.0 Å². The van der Waals surface area contributed by atoms with Gasteiger partial charge in [-0.2, -0.15) is 0 Å². The maximum Gasteiger partial charge on any atom is 0.157 e. The van der Waals surface area contributed by atoms with Crippen molar-refractivity contribution in [2.75, 3.05) is 5.75 Å². The van der Waals surface area contributed by atoms with Crippen LogP contribution in [0.5, 0.6) is 0 Å². The Labute approximate surface area is 128 Å². The summed E-state index contributed by atoms with van der Waals surface area (Å²) in [6.45, 7) is 9.32. The van der Waals surface area contributed by atoms with E-state index in [4.69, 9.17) is 4.99 Å². The van der Waals surface area contributed by atoms with E-state index in [1.165, 1.54) is 43.0 Å². The minimum atomic E-state index is 0.295. The molecule has 114 valence electrons. The topological polar surface area (TPSA) is 24.4 Å². The summed E-state index contributed by atoms with van der Waals surface area (Å²) in [5, 5.41) is 4.97. The van der Waals surface area contributed by atoms with Gasteiger partial charge in [-0.05, 0) is 55.8 Å². The van der Waals surface area contributed by atoms with Crippen LogP contribution in [0.15, 0.2) is 4.99 Å². The minimum absolute atomic E-state index is 0.295. The molecule has 2 saturated carbocycles. The van der Waals surface area contributed by atoms with Crippen LogP contribution in [0.2, 0.25) is 0 Å². The predicted molar refractivity (Wildman–Crippen MR) is 89.3 cm³/mol. The van der Waals surface area contributed by atoms with E-state index in [9.17, 15) is 0 Å². The number of aliphatic imine (C=N–C) groups is 1. The van der Waals surface area contributed by atoms with Crippen molar-refractivity contribution >= 4 is 16.9 Å². The van der Waals surface area contributed by atoms with Gasteiger partial charge >= 0.3 is 0 Å². The molecule has 2 nitrogen and oxygen atoms in total. The number of hydrogen-bond acceptors (Lipinski definition) is 3. The van der Waals surface area contributed by atoms with Gasteiger partial charge in [0.2, 0.25) is 0 Å². The van der Waals surface area contributed by atoms with Crippen LogP contribution >= 0.6 is 11.8 Å². The summed E-state index contributed by atoms with van der Waals surface area (Å²) < 4.78 is 0. The second kappa shape index (κ2) is 5.55. The first-order chi connectivity index (χ1) is 9.43. The molecule has 3 heteroatoms. The smallest absolute Gasteiger partial charge is 0.157 e. The van der Waals surface area contributed by atoms with E-state index in [-0.39, 0.29) is 0 Å². The quantitative estimate of drug-likeness (QED) is 0.821. The molecular formula is C17H30N2S. The summed E-state index contributed by atoms with van der Waals surface area (Å²) in [6, 6.07) is 1.09. The first-order valence-corrected chi connectivity index (χ1v) is 9.39. The molecule has 5 unspecified atom stereocenters. The number of hydrogen-bond donors (Lipinski definition) is 1. The highest BCUT2D eigenvalue weighted by atomic mass is 32.2. The molecule has 3 rings (SSSR count). The normalized spacial score (nSPS) is 38.7. The fraction of sp³-hybridized carbons (Fsp3) is 0.941. The molecule has 3 aliphatic rings. The van der Waals surface area contributed by atoms with Crippen molar-refractivity contribution in [3.05, 3.63) is 0 Å². The van der Waals surface area contributed by atoms with Crippen molar-refractivity contribution in [3.8, 4) is 0 Å². The summed E-state index contributed by atoms with van der Waals surface area (Å²) in [5.41, 5.74) is 0.295.